The molecule has 1 aliphatic carbocycles. The lowest BCUT2D eigenvalue weighted by atomic mass is 9.77. The number of amides is 1. The molecule has 0 atom stereocenters. The van der Waals surface area contributed by atoms with E-state index < -0.39 is 11.4 Å². The molecule has 1 aromatic rings. The van der Waals surface area contributed by atoms with Crippen molar-refractivity contribution in [2.75, 3.05) is 26.2 Å². The lowest BCUT2D eigenvalue weighted by molar-refractivity contribution is -0.142. The average molecular weight is 393 g/mol. The second-order valence-corrected chi connectivity index (χ2v) is 8.22. The quantitative estimate of drug-likeness (QED) is 0.804. The third-order valence-electron chi connectivity index (χ3n) is 6.26. The molecule has 1 N–H and O–H groups in total. The molecule has 3 rings (SSSR count). The van der Waals surface area contributed by atoms with Gasteiger partial charge in [0.15, 0.2) is 0 Å². The first-order valence-electron chi connectivity index (χ1n) is 9.97. The molecule has 2 fully saturated rings. The standard InChI is InChI=1S/C21H29ClN2O3/c1-2-23(15-19(25)26)18-8-12-24(13-9-18)20(27)21(10-3-4-11-21)16-6-5-7-17(22)14-16/h5-7,14,18H,2-4,8-13,15H2,1H3,(H,25,26). The normalized spacial score (nSPS) is 20.2. The van der Waals surface area contributed by atoms with Gasteiger partial charge in [0.1, 0.15) is 0 Å². The molecule has 0 unspecified atom stereocenters. The Balaban J connectivity index is 1.71. The molecule has 6 heteroatoms. The Labute approximate surface area is 166 Å². The van der Waals surface area contributed by atoms with Crippen LogP contribution in [0, 0.1) is 0 Å². The van der Waals surface area contributed by atoms with Crippen molar-refractivity contribution in [3.63, 3.8) is 0 Å². The molecule has 1 saturated carbocycles. The van der Waals surface area contributed by atoms with E-state index in [-0.39, 0.29) is 18.5 Å². The number of rotatable bonds is 6. The predicted molar refractivity (Wildman–Crippen MR) is 106 cm³/mol. The Kier molecular flexibility index (Phi) is 6.43. The Hall–Kier alpha value is -1.59. The van der Waals surface area contributed by atoms with Gasteiger partial charge in [0.05, 0.1) is 12.0 Å². The number of likely N-dealkylation sites (tertiary alicyclic amines) is 1. The summed E-state index contributed by atoms with van der Waals surface area (Å²) in [4.78, 5) is 28.6. The summed E-state index contributed by atoms with van der Waals surface area (Å²) in [6.07, 6.45) is 5.56. The zero-order chi connectivity index (χ0) is 19.4. The van der Waals surface area contributed by atoms with Crippen LogP contribution in [0.2, 0.25) is 5.02 Å². The maximum absolute atomic E-state index is 13.5. The second kappa shape index (κ2) is 8.61. The van der Waals surface area contributed by atoms with Gasteiger partial charge in [0.25, 0.3) is 0 Å². The Morgan fingerprint density at radius 3 is 2.48 bits per heavy atom. The molecule has 0 aromatic heterocycles. The monoisotopic (exact) mass is 392 g/mol. The van der Waals surface area contributed by atoms with Crippen molar-refractivity contribution >= 4 is 23.5 Å². The minimum Gasteiger partial charge on any atom is -0.480 e. The number of nitrogens with zero attached hydrogens (tertiary/aromatic N) is 2. The van der Waals surface area contributed by atoms with Crippen molar-refractivity contribution in [1.82, 2.24) is 9.80 Å². The van der Waals surface area contributed by atoms with Crippen molar-refractivity contribution in [3.05, 3.63) is 34.9 Å². The molecule has 0 bridgehead atoms. The fourth-order valence-electron chi connectivity index (χ4n) is 4.80. The first-order chi connectivity index (χ1) is 13.0. The van der Waals surface area contributed by atoms with Crippen LogP contribution in [0.1, 0.15) is 51.0 Å². The van der Waals surface area contributed by atoms with Crippen molar-refractivity contribution in [2.45, 2.75) is 56.9 Å². The number of carboxylic acid groups (broad SMARTS) is 1. The van der Waals surface area contributed by atoms with Gasteiger partial charge in [-0.15, -0.1) is 0 Å². The highest BCUT2D eigenvalue weighted by Crippen LogP contribution is 2.43. The highest BCUT2D eigenvalue weighted by Gasteiger charge is 2.45. The SMILES string of the molecule is CCN(CC(=O)O)C1CCN(C(=O)C2(c3cccc(Cl)c3)CCCC2)CC1. The van der Waals surface area contributed by atoms with E-state index in [1.165, 1.54) is 0 Å². The van der Waals surface area contributed by atoms with Gasteiger partial charge < -0.3 is 10.0 Å². The Bertz CT molecular complexity index is 680. The molecule has 1 heterocycles. The van der Waals surface area contributed by atoms with Crippen molar-refractivity contribution in [3.8, 4) is 0 Å². The number of piperidine rings is 1. The Morgan fingerprint density at radius 1 is 1.26 bits per heavy atom. The van der Waals surface area contributed by atoms with Gasteiger partial charge >= 0.3 is 5.97 Å². The molecule has 0 radical (unpaired) electrons. The second-order valence-electron chi connectivity index (χ2n) is 7.78. The molecule has 1 aliphatic heterocycles. The minimum atomic E-state index is -0.791. The first kappa shape index (κ1) is 20.2. The van der Waals surface area contributed by atoms with Gasteiger partial charge in [0, 0.05) is 24.2 Å². The number of hydrogen-bond acceptors (Lipinski definition) is 3. The van der Waals surface area contributed by atoms with Gasteiger partial charge in [-0.2, -0.15) is 0 Å². The molecule has 1 saturated heterocycles. The molecule has 148 valence electrons. The van der Waals surface area contributed by atoms with Crippen LogP contribution in [-0.2, 0) is 15.0 Å². The van der Waals surface area contributed by atoms with Gasteiger partial charge in [0.2, 0.25) is 5.91 Å². The van der Waals surface area contributed by atoms with Crippen LogP contribution in [-0.4, -0.2) is 59.0 Å². The fourth-order valence-corrected chi connectivity index (χ4v) is 4.99. The molecule has 0 spiro atoms. The number of hydrogen-bond donors (Lipinski definition) is 1. The lowest BCUT2D eigenvalue weighted by Gasteiger charge is -2.41. The van der Waals surface area contributed by atoms with E-state index in [1.54, 1.807) is 0 Å². The van der Waals surface area contributed by atoms with Crippen LogP contribution in [0.3, 0.4) is 0 Å². The number of halogens is 1. The fraction of sp³-hybridized carbons (Fsp3) is 0.619. The molecule has 1 aromatic carbocycles. The minimum absolute atomic E-state index is 0.0710. The highest BCUT2D eigenvalue weighted by molar-refractivity contribution is 6.30. The average Bonchev–Trinajstić information content (AvgIpc) is 3.17. The van der Waals surface area contributed by atoms with Crippen molar-refractivity contribution in [1.29, 1.82) is 0 Å². The summed E-state index contributed by atoms with van der Waals surface area (Å²) in [6.45, 7) is 4.18. The summed E-state index contributed by atoms with van der Waals surface area (Å²) < 4.78 is 0. The summed E-state index contributed by atoms with van der Waals surface area (Å²) in [5, 5.41) is 9.77. The van der Waals surface area contributed by atoms with E-state index in [1.807, 2.05) is 41.0 Å². The number of carboxylic acids is 1. The van der Waals surface area contributed by atoms with E-state index in [0.29, 0.717) is 18.1 Å². The molecule has 2 aliphatic rings. The molecule has 27 heavy (non-hydrogen) atoms. The van der Waals surface area contributed by atoms with Crippen LogP contribution in [0.25, 0.3) is 0 Å². The van der Waals surface area contributed by atoms with Gasteiger partial charge in [-0.1, -0.05) is 43.5 Å². The zero-order valence-electron chi connectivity index (χ0n) is 16.0. The van der Waals surface area contributed by atoms with E-state index in [9.17, 15) is 9.59 Å². The number of carbonyl (C=O) groups excluding carboxylic acids is 1. The van der Waals surface area contributed by atoms with E-state index in [0.717, 1.165) is 50.6 Å². The maximum atomic E-state index is 13.5. The summed E-state index contributed by atoms with van der Waals surface area (Å²) in [7, 11) is 0. The van der Waals surface area contributed by atoms with Crippen LogP contribution in [0.15, 0.2) is 24.3 Å². The maximum Gasteiger partial charge on any atom is 0.317 e. The van der Waals surface area contributed by atoms with Gasteiger partial charge in [-0.3, -0.25) is 14.5 Å². The smallest absolute Gasteiger partial charge is 0.317 e. The highest BCUT2D eigenvalue weighted by atomic mass is 35.5. The molecule has 5 nitrogen and oxygen atoms in total. The largest absolute Gasteiger partial charge is 0.480 e. The summed E-state index contributed by atoms with van der Waals surface area (Å²) in [5.41, 5.74) is 0.601. The Morgan fingerprint density at radius 2 is 1.93 bits per heavy atom. The van der Waals surface area contributed by atoms with Crippen LogP contribution in [0.4, 0.5) is 0 Å². The van der Waals surface area contributed by atoms with E-state index >= 15 is 0 Å². The van der Waals surface area contributed by atoms with Gasteiger partial charge in [-0.05, 0) is 49.9 Å². The van der Waals surface area contributed by atoms with Crippen molar-refractivity contribution in [2.24, 2.45) is 0 Å². The topological polar surface area (TPSA) is 60.9 Å². The summed E-state index contributed by atoms with van der Waals surface area (Å²) in [5.74, 6) is -0.566. The first-order valence-corrected chi connectivity index (χ1v) is 10.4. The van der Waals surface area contributed by atoms with Crippen molar-refractivity contribution < 1.29 is 14.7 Å². The van der Waals surface area contributed by atoms with E-state index in [4.69, 9.17) is 16.7 Å². The number of likely N-dealkylation sites (N-methyl/N-ethyl adjacent to an activating group) is 1. The zero-order valence-corrected chi connectivity index (χ0v) is 16.7. The lowest BCUT2D eigenvalue weighted by Crippen LogP contribution is -2.52. The molecular formula is C21H29ClN2O3. The third-order valence-corrected chi connectivity index (χ3v) is 6.49. The number of carbonyl (C=O) groups is 2. The molecule has 1 amide bonds. The van der Waals surface area contributed by atoms with Crippen LogP contribution < -0.4 is 0 Å². The molecular weight excluding hydrogens is 364 g/mol. The summed E-state index contributed by atoms with van der Waals surface area (Å²) in [6, 6.07) is 8.01. The van der Waals surface area contributed by atoms with E-state index in [2.05, 4.69) is 0 Å². The third kappa shape index (κ3) is 4.30. The number of aliphatic carboxylic acids is 1. The van der Waals surface area contributed by atoms with Crippen LogP contribution >= 0.6 is 11.6 Å². The van der Waals surface area contributed by atoms with Crippen LogP contribution in [0.5, 0.6) is 0 Å². The predicted octanol–water partition coefficient (Wildman–Crippen LogP) is 3.55. The number of benzene rings is 1. The summed E-state index contributed by atoms with van der Waals surface area (Å²) >= 11 is 6.21. The van der Waals surface area contributed by atoms with Gasteiger partial charge in [-0.25, -0.2) is 0 Å².